The molecule has 0 aliphatic rings. The Hall–Kier alpha value is -4.68. The first-order valence-electron chi connectivity index (χ1n) is 12.4. The molecule has 0 saturated carbocycles. The van der Waals surface area contributed by atoms with Crippen molar-refractivity contribution in [1.82, 2.24) is 5.32 Å². The van der Waals surface area contributed by atoms with Crippen LogP contribution in [-0.2, 0) is 23.1 Å². The third kappa shape index (κ3) is 7.43. The summed E-state index contributed by atoms with van der Waals surface area (Å²) < 4.78 is 30.8. The van der Waals surface area contributed by atoms with Crippen molar-refractivity contribution >= 4 is 27.4 Å². The molecular formula is C30H31N6O2S+. The highest BCUT2D eigenvalue weighted by molar-refractivity contribution is 7.92. The van der Waals surface area contributed by atoms with E-state index >= 15 is 0 Å². The lowest BCUT2D eigenvalue weighted by atomic mass is 10.1. The molecule has 0 spiro atoms. The summed E-state index contributed by atoms with van der Waals surface area (Å²) in [6, 6.07) is 24.7. The van der Waals surface area contributed by atoms with Crippen LogP contribution in [-0.4, -0.2) is 14.4 Å². The smallest absolute Gasteiger partial charge is 0.262 e. The van der Waals surface area contributed by atoms with E-state index in [-0.39, 0.29) is 0 Å². The minimum Gasteiger partial charge on any atom is -0.325 e. The van der Waals surface area contributed by atoms with Crippen molar-refractivity contribution in [3.05, 3.63) is 119 Å². The molecule has 0 saturated heterocycles. The van der Waals surface area contributed by atoms with Gasteiger partial charge >= 0.3 is 0 Å². The van der Waals surface area contributed by atoms with E-state index < -0.39 is 10.0 Å². The molecule has 0 radical (unpaired) electrons. The number of pyridine rings is 1. The van der Waals surface area contributed by atoms with E-state index in [0.29, 0.717) is 34.2 Å². The number of nitrogens with zero attached hydrogens (tertiary/aromatic N) is 3. The summed E-state index contributed by atoms with van der Waals surface area (Å²) in [6.45, 7) is 6.60. The maximum atomic E-state index is 13.0. The van der Waals surface area contributed by atoms with E-state index in [4.69, 9.17) is 5.26 Å². The van der Waals surface area contributed by atoms with Gasteiger partial charge in [-0.2, -0.15) is 5.26 Å². The fraction of sp³-hybridized carbons (Fsp3) is 0.167. The summed E-state index contributed by atoms with van der Waals surface area (Å²) in [5.74, 6) is 0.313. The van der Waals surface area contributed by atoms with Gasteiger partial charge in [0.1, 0.15) is 0 Å². The van der Waals surface area contributed by atoms with Crippen molar-refractivity contribution in [3.63, 3.8) is 0 Å². The van der Waals surface area contributed by atoms with Crippen molar-refractivity contribution in [1.29, 1.82) is 5.26 Å². The lowest BCUT2D eigenvalue weighted by Crippen LogP contribution is -2.33. The molecule has 3 N–H and O–H groups in total. The highest BCUT2D eigenvalue weighted by Crippen LogP contribution is 2.24. The van der Waals surface area contributed by atoms with Gasteiger partial charge < -0.3 is 5.32 Å². The van der Waals surface area contributed by atoms with Crippen LogP contribution in [0, 0.1) is 32.2 Å². The van der Waals surface area contributed by atoms with Crippen LogP contribution in [0.25, 0.3) is 0 Å². The summed E-state index contributed by atoms with van der Waals surface area (Å²) in [7, 11) is -3.73. The summed E-state index contributed by atoms with van der Waals surface area (Å²) in [5, 5.41) is 14.9. The van der Waals surface area contributed by atoms with Gasteiger partial charge in [-0.3, -0.25) is 10.0 Å². The average Bonchev–Trinajstić information content (AvgIpc) is 2.89. The normalized spacial score (nSPS) is 11.5. The van der Waals surface area contributed by atoms with E-state index in [0.717, 1.165) is 23.4 Å². The number of sulfonamides is 1. The van der Waals surface area contributed by atoms with Gasteiger partial charge in [0.05, 0.1) is 17.1 Å². The van der Waals surface area contributed by atoms with Gasteiger partial charge in [0.25, 0.3) is 10.0 Å². The monoisotopic (exact) mass is 539 g/mol. The van der Waals surface area contributed by atoms with Gasteiger partial charge in [-0.25, -0.2) is 18.0 Å². The number of aliphatic imine (C=N–C) groups is 1. The minimum atomic E-state index is -3.73. The Morgan fingerprint density at radius 3 is 2.13 bits per heavy atom. The first kappa shape index (κ1) is 27.4. The van der Waals surface area contributed by atoms with Gasteiger partial charge in [0.2, 0.25) is 5.96 Å². The number of hydrogen-bond acceptors (Lipinski definition) is 4. The van der Waals surface area contributed by atoms with E-state index in [9.17, 15) is 8.42 Å². The number of nitriles is 1. The summed E-state index contributed by atoms with van der Waals surface area (Å²) in [5.41, 5.74) is 5.74. The van der Waals surface area contributed by atoms with Crippen LogP contribution in [0.4, 0.5) is 11.4 Å². The average molecular weight is 540 g/mol. The van der Waals surface area contributed by atoms with Crippen molar-refractivity contribution in [2.75, 3.05) is 10.0 Å². The molecule has 0 fully saturated rings. The predicted octanol–water partition coefficient (Wildman–Crippen LogP) is 4.79. The van der Waals surface area contributed by atoms with Gasteiger partial charge in [-0.15, -0.1) is 0 Å². The van der Waals surface area contributed by atoms with Gasteiger partial charge in [0.15, 0.2) is 25.1 Å². The second-order valence-corrected chi connectivity index (χ2v) is 10.9. The highest BCUT2D eigenvalue weighted by atomic mass is 32.2. The Morgan fingerprint density at radius 2 is 1.51 bits per heavy atom. The van der Waals surface area contributed by atoms with Crippen molar-refractivity contribution < 1.29 is 13.0 Å². The largest absolute Gasteiger partial charge is 0.325 e. The second kappa shape index (κ2) is 12.2. The summed E-state index contributed by atoms with van der Waals surface area (Å²) in [4.78, 5) is 4.78. The highest BCUT2D eigenvalue weighted by Gasteiger charge is 2.20. The Kier molecular flexibility index (Phi) is 8.59. The molecule has 198 valence electrons. The fourth-order valence-electron chi connectivity index (χ4n) is 4.39. The quantitative estimate of drug-likeness (QED) is 0.0981. The zero-order chi connectivity index (χ0) is 27.8. The molecule has 1 aromatic heterocycles. The third-order valence-electron chi connectivity index (χ3n) is 6.04. The van der Waals surface area contributed by atoms with Gasteiger partial charge in [-0.05, 0) is 49.6 Å². The number of anilines is 2. The molecule has 8 nitrogen and oxygen atoms in total. The zero-order valence-electron chi connectivity index (χ0n) is 22.1. The Labute approximate surface area is 229 Å². The molecule has 0 aliphatic heterocycles. The van der Waals surface area contributed by atoms with Crippen LogP contribution in [0.5, 0.6) is 0 Å². The van der Waals surface area contributed by atoms with Gasteiger partial charge in [-0.1, -0.05) is 60.2 Å². The maximum Gasteiger partial charge on any atom is 0.262 e. The Balaban J connectivity index is 1.40. The second-order valence-electron chi connectivity index (χ2n) is 9.30. The summed E-state index contributed by atoms with van der Waals surface area (Å²) >= 11 is 0. The number of nitrogens with one attached hydrogen (secondary N) is 3. The number of rotatable bonds is 8. The lowest BCUT2D eigenvalue weighted by Gasteiger charge is -2.14. The molecule has 3 aromatic carbocycles. The fourth-order valence-corrected chi connectivity index (χ4v) is 5.90. The zero-order valence-corrected chi connectivity index (χ0v) is 23.0. The standard InChI is InChI=1S/C30H30N6O2S/c1-22-17-23(2)29(24(3)18-22)39(37,38)35-28-11-9-25(10-12-28)19-32-30(33-21-31)34-27-13-15-36(16-14-27)20-26-7-5-4-6-8-26/h4-18,35H,19-20H2,1-3H3,(H,32,33)/p+1. The van der Waals surface area contributed by atoms with E-state index in [1.54, 1.807) is 38.1 Å². The topological polar surface area (TPSA) is 110 Å². The van der Waals surface area contributed by atoms with Crippen LogP contribution < -0.4 is 19.9 Å². The predicted molar refractivity (Wildman–Crippen MR) is 154 cm³/mol. The van der Waals surface area contributed by atoms with Crippen molar-refractivity contribution in [2.24, 2.45) is 4.99 Å². The number of guanidine groups is 1. The van der Waals surface area contributed by atoms with Crippen molar-refractivity contribution in [3.8, 4) is 6.19 Å². The van der Waals surface area contributed by atoms with Crippen LogP contribution >= 0.6 is 0 Å². The lowest BCUT2D eigenvalue weighted by molar-refractivity contribution is -0.688. The molecular weight excluding hydrogens is 508 g/mol. The number of aromatic nitrogens is 1. The van der Waals surface area contributed by atoms with Crippen LogP contribution in [0.2, 0.25) is 0 Å². The molecule has 0 atom stereocenters. The molecule has 1 heterocycles. The third-order valence-corrected chi connectivity index (χ3v) is 7.72. The number of hydrogen-bond donors (Lipinski definition) is 3. The molecule has 0 aliphatic carbocycles. The first-order chi connectivity index (χ1) is 18.7. The van der Waals surface area contributed by atoms with Gasteiger partial charge in [0, 0.05) is 23.4 Å². The molecule has 0 bridgehead atoms. The van der Waals surface area contributed by atoms with Crippen molar-refractivity contribution in [2.45, 2.75) is 38.8 Å². The SMILES string of the molecule is Cc1cc(C)c(S(=O)(=O)Nc2ccc(CN=C(NC#N)Nc3cc[n+](Cc4ccccc4)cc3)cc2)c(C)c1. The Bertz CT molecular complexity index is 1590. The van der Waals surface area contributed by atoms with Crippen LogP contribution in [0.1, 0.15) is 27.8 Å². The maximum absolute atomic E-state index is 13.0. The minimum absolute atomic E-state index is 0.293. The van der Waals surface area contributed by atoms with E-state index in [2.05, 4.69) is 37.0 Å². The molecule has 4 aromatic rings. The van der Waals surface area contributed by atoms with E-state index in [1.165, 1.54) is 5.56 Å². The number of aryl methyl sites for hydroxylation is 3. The first-order valence-corrected chi connectivity index (χ1v) is 13.9. The van der Waals surface area contributed by atoms with E-state index in [1.807, 2.05) is 68.0 Å². The Morgan fingerprint density at radius 1 is 0.872 bits per heavy atom. The summed E-state index contributed by atoms with van der Waals surface area (Å²) in [6.07, 6.45) is 5.82. The molecule has 39 heavy (non-hydrogen) atoms. The molecule has 4 rings (SSSR count). The molecule has 9 heteroatoms. The van der Waals surface area contributed by atoms with Crippen LogP contribution in [0.3, 0.4) is 0 Å². The molecule has 0 amide bonds. The van der Waals surface area contributed by atoms with Crippen LogP contribution in [0.15, 0.2) is 101 Å². The number of benzene rings is 3. The molecule has 0 unspecified atom stereocenters.